The molecule has 47 heavy (non-hydrogen) atoms. The largest absolute Gasteiger partial charge is 2.00 e. The van der Waals surface area contributed by atoms with E-state index in [1.807, 2.05) is 30.3 Å². The third-order valence-corrected chi connectivity index (χ3v) is 15.7. The standard InChI is InChI=1S/C20H22NP.C17H26P.C5H5.2Fe/c1-16(21(2)3)19-14-9-15-20(19)22(18-12-7-8-13-18)17-10-5-4-6-11-17;1-3-9-15(10-4-1)18(17-13-7-8-14-17)16-11-5-2-6-12-16;1-2-4-5-3-1;;/h4-16H,1-3H3;7-8,13-16H,1-6,9-12H2;1-5H;;/q-2;2*-1;2*+2. The van der Waals surface area contributed by atoms with Crippen LogP contribution in [0.2, 0.25) is 0 Å². The molecule has 2 atom stereocenters. The molecule has 2 aliphatic carbocycles. The van der Waals surface area contributed by atoms with Crippen molar-refractivity contribution in [1.82, 2.24) is 4.90 Å². The van der Waals surface area contributed by atoms with Crippen LogP contribution < -0.4 is 21.2 Å². The summed E-state index contributed by atoms with van der Waals surface area (Å²) in [6.07, 6.45) is 15.1. The third kappa shape index (κ3) is 11.5. The number of rotatable bonds is 8. The summed E-state index contributed by atoms with van der Waals surface area (Å²) >= 11 is 0. The summed E-state index contributed by atoms with van der Waals surface area (Å²) in [6, 6.07) is 46.3. The van der Waals surface area contributed by atoms with Crippen LogP contribution in [-0.4, -0.2) is 30.3 Å². The van der Waals surface area contributed by atoms with Crippen molar-refractivity contribution < 1.29 is 34.1 Å². The molecule has 0 heterocycles. The van der Waals surface area contributed by atoms with E-state index < -0.39 is 7.92 Å². The normalized spacial score (nSPS) is 16.5. The van der Waals surface area contributed by atoms with Gasteiger partial charge in [0.2, 0.25) is 0 Å². The summed E-state index contributed by atoms with van der Waals surface area (Å²) in [6.45, 7) is 2.28. The second-order valence-electron chi connectivity index (χ2n) is 12.9. The molecule has 0 radical (unpaired) electrons. The SMILES string of the molecule is CC([c-]1cccc1P(c1ccccc1)[c-]1cccc1)N(C)C.[Fe+2].[Fe+2].c1cc[c-](P(C2CCCCC2)C2CCCCC2)c1.c1cc[cH-]c1. The molecule has 0 spiro atoms. The van der Waals surface area contributed by atoms with Crippen molar-refractivity contribution in [2.75, 3.05) is 14.1 Å². The van der Waals surface area contributed by atoms with E-state index in [2.05, 4.69) is 123 Å². The maximum Gasteiger partial charge on any atom is 2.00 e. The minimum absolute atomic E-state index is 0. The Morgan fingerprint density at radius 3 is 1.60 bits per heavy atom. The molecule has 2 fully saturated rings. The first-order valence-electron chi connectivity index (χ1n) is 17.3. The van der Waals surface area contributed by atoms with Gasteiger partial charge in [-0.15, -0.1) is 29.4 Å². The Morgan fingerprint density at radius 1 is 0.617 bits per heavy atom. The molecule has 0 bridgehead atoms. The Hall–Kier alpha value is -1.52. The molecule has 2 aliphatic rings. The first kappa shape index (κ1) is 39.9. The molecule has 0 aliphatic heterocycles. The predicted molar refractivity (Wildman–Crippen MR) is 203 cm³/mol. The molecule has 2 unspecified atom stereocenters. The molecule has 1 nitrogen and oxygen atoms in total. The summed E-state index contributed by atoms with van der Waals surface area (Å²) in [5.41, 5.74) is 3.56. The third-order valence-electron chi connectivity index (χ3n) is 9.64. The molecule has 0 amide bonds. The molecular formula is C42H53Fe2NP2. The van der Waals surface area contributed by atoms with E-state index in [0.717, 1.165) is 11.3 Å². The Kier molecular flexibility index (Phi) is 18.3. The number of benzene rings is 1. The van der Waals surface area contributed by atoms with Crippen LogP contribution in [0.25, 0.3) is 0 Å². The fraction of sp³-hybridized carbons (Fsp3) is 0.381. The summed E-state index contributed by atoms with van der Waals surface area (Å²) in [4.78, 5) is 2.28. The minimum atomic E-state index is -0.477. The van der Waals surface area contributed by atoms with Gasteiger partial charge in [0, 0.05) is 0 Å². The van der Waals surface area contributed by atoms with Gasteiger partial charge >= 0.3 is 34.1 Å². The summed E-state index contributed by atoms with van der Waals surface area (Å²) in [5.74, 6) is 0. The first-order valence-corrected chi connectivity index (χ1v) is 20.1. The maximum atomic E-state index is 2.43. The van der Waals surface area contributed by atoms with Crippen molar-refractivity contribution in [2.24, 2.45) is 0 Å². The molecule has 7 rings (SSSR count). The molecule has 0 aromatic heterocycles. The van der Waals surface area contributed by atoms with E-state index in [9.17, 15) is 0 Å². The molecule has 5 aromatic rings. The average molecular weight is 746 g/mol. The Balaban J connectivity index is 0.000000217. The quantitative estimate of drug-likeness (QED) is 0.0869. The van der Waals surface area contributed by atoms with Crippen molar-refractivity contribution in [3.63, 3.8) is 0 Å². The van der Waals surface area contributed by atoms with Gasteiger partial charge in [0.05, 0.1) is 0 Å². The van der Waals surface area contributed by atoms with Crippen LogP contribution in [0.15, 0.2) is 127 Å². The fourth-order valence-corrected chi connectivity index (χ4v) is 13.4. The monoisotopic (exact) mass is 745 g/mol. The van der Waals surface area contributed by atoms with E-state index >= 15 is 0 Å². The molecule has 5 heteroatoms. The van der Waals surface area contributed by atoms with Gasteiger partial charge in [0.15, 0.2) is 0 Å². The van der Waals surface area contributed by atoms with E-state index in [0.29, 0.717) is 6.04 Å². The minimum Gasteiger partial charge on any atom is -0.314 e. The van der Waals surface area contributed by atoms with Gasteiger partial charge in [0.1, 0.15) is 0 Å². The molecular weight excluding hydrogens is 692 g/mol. The average Bonchev–Trinajstić information content (AvgIpc) is 3.93. The van der Waals surface area contributed by atoms with Crippen LogP contribution in [0.4, 0.5) is 0 Å². The van der Waals surface area contributed by atoms with Crippen molar-refractivity contribution in [2.45, 2.75) is 88.5 Å². The smallest absolute Gasteiger partial charge is 0.314 e. The van der Waals surface area contributed by atoms with E-state index in [1.54, 1.807) is 5.30 Å². The number of hydrogen-bond acceptors (Lipinski definition) is 1. The van der Waals surface area contributed by atoms with Crippen molar-refractivity contribution in [3.05, 3.63) is 133 Å². The predicted octanol–water partition coefficient (Wildman–Crippen LogP) is 10.1. The van der Waals surface area contributed by atoms with Crippen molar-refractivity contribution in [3.8, 4) is 0 Å². The summed E-state index contributed by atoms with van der Waals surface area (Å²) < 4.78 is 0. The molecule has 252 valence electrons. The Labute approximate surface area is 309 Å². The second kappa shape index (κ2) is 21.5. The second-order valence-corrected chi connectivity index (χ2v) is 17.9. The van der Waals surface area contributed by atoms with Gasteiger partial charge in [-0.1, -0.05) is 83.7 Å². The van der Waals surface area contributed by atoms with E-state index in [4.69, 9.17) is 0 Å². The summed E-state index contributed by atoms with van der Waals surface area (Å²) in [5, 5.41) is 6.05. The van der Waals surface area contributed by atoms with Crippen LogP contribution in [0, 0.1) is 0 Å². The number of nitrogens with zero attached hydrogens (tertiary/aromatic N) is 1. The van der Waals surface area contributed by atoms with Crippen LogP contribution in [0.3, 0.4) is 0 Å². The van der Waals surface area contributed by atoms with Crippen LogP contribution in [-0.2, 0) is 34.1 Å². The van der Waals surface area contributed by atoms with Gasteiger partial charge in [0.25, 0.3) is 0 Å². The van der Waals surface area contributed by atoms with Gasteiger partial charge in [-0.25, -0.2) is 48.5 Å². The molecule has 0 saturated heterocycles. The van der Waals surface area contributed by atoms with Crippen LogP contribution >= 0.6 is 15.8 Å². The maximum absolute atomic E-state index is 2.43. The zero-order valence-electron chi connectivity index (χ0n) is 28.5. The first-order chi connectivity index (χ1) is 22.1. The number of hydrogen-bond donors (Lipinski definition) is 0. The van der Waals surface area contributed by atoms with Gasteiger partial charge < -0.3 is 4.90 Å². The van der Waals surface area contributed by atoms with Crippen LogP contribution in [0.1, 0.15) is 82.7 Å². The van der Waals surface area contributed by atoms with Crippen molar-refractivity contribution in [1.29, 1.82) is 0 Å². The molecule has 5 aromatic carbocycles. The van der Waals surface area contributed by atoms with E-state index in [1.165, 1.54) is 85.7 Å². The van der Waals surface area contributed by atoms with E-state index in [-0.39, 0.29) is 42.1 Å². The summed E-state index contributed by atoms with van der Waals surface area (Å²) in [7, 11) is 3.96. The fourth-order valence-electron chi connectivity index (χ4n) is 7.07. The molecule has 2 saturated carbocycles. The van der Waals surface area contributed by atoms with Gasteiger partial charge in [-0.05, 0) is 62.4 Å². The van der Waals surface area contributed by atoms with Gasteiger partial charge in [-0.3, -0.25) is 0 Å². The van der Waals surface area contributed by atoms with Crippen LogP contribution in [0.5, 0.6) is 0 Å². The topological polar surface area (TPSA) is 3.24 Å². The Bertz CT molecular complexity index is 1380. The molecule has 0 N–H and O–H groups in total. The van der Waals surface area contributed by atoms with Crippen molar-refractivity contribution >= 4 is 37.1 Å². The van der Waals surface area contributed by atoms with Gasteiger partial charge in [-0.2, -0.15) is 48.5 Å². The Morgan fingerprint density at radius 2 is 1.13 bits per heavy atom. The zero-order chi connectivity index (χ0) is 31.3. The zero-order valence-corrected chi connectivity index (χ0v) is 32.5.